The number of hydrogen-bond donors (Lipinski definition) is 1. The highest BCUT2D eigenvalue weighted by molar-refractivity contribution is 5.34. The summed E-state index contributed by atoms with van der Waals surface area (Å²) in [7, 11) is 0. The van der Waals surface area contributed by atoms with E-state index in [0.717, 1.165) is 36.6 Å². The van der Waals surface area contributed by atoms with Gasteiger partial charge in [0.1, 0.15) is 11.6 Å². The van der Waals surface area contributed by atoms with Gasteiger partial charge in [0.15, 0.2) is 0 Å². The molecule has 0 radical (unpaired) electrons. The Morgan fingerprint density at radius 3 is 2.45 bits per heavy atom. The minimum atomic E-state index is 0.274. The Labute approximate surface area is 121 Å². The molecule has 2 aromatic rings. The van der Waals surface area contributed by atoms with Crippen molar-refractivity contribution in [1.29, 1.82) is 0 Å². The molecule has 0 aliphatic heterocycles. The van der Waals surface area contributed by atoms with Crippen LogP contribution in [0.15, 0.2) is 30.3 Å². The van der Waals surface area contributed by atoms with Crippen molar-refractivity contribution in [3.63, 3.8) is 0 Å². The number of para-hydroxylation sites is 1. The maximum absolute atomic E-state index is 5.81. The van der Waals surface area contributed by atoms with Gasteiger partial charge in [-0.05, 0) is 38.8 Å². The van der Waals surface area contributed by atoms with Crippen molar-refractivity contribution in [3.05, 3.63) is 42.0 Å². The van der Waals surface area contributed by atoms with E-state index in [0.29, 0.717) is 5.92 Å². The first-order chi connectivity index (χ1) is 9.59. The molecule has 1 aromatic heterocycles. The third kappa shape index (κ3) is 3.45. The third-order valence-electron chi connectivity index (χ3n) is 3.60. The number of nitrogens with two attached hydrogens (primary N) is 1. The molecule has 0 fully saturated rings. The average molecular weight is 272 g/mol. The smallest absolute Gasteiger partial charge is 0.140 e. The molecule has 0 saturated heterocycles. The van der Waals surface area contributed by atoms with Crippen LogP contribution in [0.2, 0.25) is 0 Å². The van der Waals surface area contributed by atoms with Gasteiger partial charge in [0.2, 0.25) is 0 Å². The molecule has 0 aliphatic rings. The van der Waals surface area contributed by atoms with E-state index in [1.807, 2.05) is 25.1 Å². The molecule has 4 heteroatoms. The highest BCUT2D eigenvalue weighted by Gasteiger charge is 2.16. The summed E-state index contributed by atoms with van der Waals surface area (Å²) in [5.41, 5.74) is 6.94. The molecule has 0 aliphatic carbocycles. The number of rotatable bonds is 6. The van der Waals surface area contributed by atoms with Crippen LogP contribution in [0.25, 0.3) is 5.69 Å². The van der Waals surface area contributed by atoms with Crippen LogP contribution in [0.5, 0.6) is 0 Å². The lowest BCUT2D eigenvalue weighted by Gasteiger charge is -2.14. The lowest BCUT2D eigenvalue weighted by atomic mass is 10.0. The zero-order valence-corrected chi connectivity index (χ0v) is 12.6. The van der Waals surface area contributed by atoms with E-state index in [-0.39, 0.29) is 6.04 Å². The molecule has 0 spiro atoms. The van der Waals surface area contributed by atoms with Gasteiger partial charge in [0.25, 0.3) is 0 Å². The predicted octanol–water partition coefficient (Wildman–Crippen LogP) is 3.20. The number of aryl methyl sites for hydroxylation is 1. The van der Waals surface area contributed by atoms with Crippen molar-refractivity contribution >= 4 is 0 Å². The van der Waals surface area contributed by atoms with Crippen molar-refractivity contribution in [2.75, 3.05) is 0 Å². The van der Waals surface area contributed by atoms with Crippen LogP contribution in [0.1, 0.15) is 50.7 Å². The van der Waals surface area contributed by atoms with Crippen LogP contribution in [0, 0.1) is 6.92 Å². The Balaban J connectivity index is 2.17. The molecule has 4 nitrogen and oxygen atoms in total. The first kappa shape index (κ1) is 14.7. The molecule has 2 atom stereocenters. The molecule has 2 N–H and O–H groups in total. The maximum Gasteiger partial charge on any atom is 0.140 e. The van der Waals surface area contributed by atoms with Gasteiger partial charge in [-0.25, -0.2) is 0 Å². The molecular formula is C16H24N4. The molecule has 0 bridgehead atoms. The largest absolute Gasteiger partial charge is 0.328 e. The second-order valence-electron chi connectivity index (χ2n) is 5.59. The highest BCUT2D eigenvalue weighted by Crippen LogP contribution is 2.23. The van der Waals surface area contributed by atoms with Gasteiger partial charge < -0.3 is 5.73 Å². The zero-order valence-electron chi connectivity index (χ0n) is 12.6. The number of hydrogen-bond acceptors (Lipinski definition) is 3. The van der Waals surface area contributed by atoms with E-state index < -0.39 is 0 Å². The van der Waals surface area contributed by atoms with Gasteiger partial charge in [-0.1, -0.05) is 31.5 Å². The van der Waals surface area contributed by atoms with Crippen molar-refractivity contribution in [2.45, 2.75) is 52.0 Å². The lowest BCUT2D eigenvalue weighted by Crippen LogP contribution is -2.15. The molecule has 1 heterocycles. The summed E-state index contributed by atoms with van der Waals surface area (Å²) in [4.78, 5) is 0. The number of nitrogens with zero attached hydrogens (tertiary/aromatic N) is 3. The molecule has 20 heavy (non-hydrogen) atoms. The maximum atomic E-state index is 5.81. The van der Waals surface area contributed by atoms with Crippen molar-refractivity contribution in [3.8, 4) is 5.69 Å². The zero-order chi connectivity index (χ0) is 14.5. The third-order valence-corrected chi connectivity index (χ3v) is 3.60. The van der Waals surface area contributed by atoms with Crippen LogP contribution in [-0.2, 0) is 0 Å². The van der Waals surface area contributed by atoms with Gasteiger partial charge in [-0.2, -0.15) is 0 Å². The van der Waals surface area contributed by atoms with Gasteiger partial charge >= 0.3 is 0 Å². The van der Waals surface area contributed by atoms with Gasteiger partial charge in [0, 0.05) is 17.6 Å². The quantitative estimate of drug-likeness (QED) is 0.878. The second kappa shape index (κ2) is 6.66. The minimum absolute atomic E-state index is 0.274. The molecule has 0 saturated carbocycles. The summed E-state index contributed by atoms with van der Waals surface area (Å²) >= 11 is 0. The number of benzene rings is 1. The van der Waals surface area contributed by atoms with Crippen LogP contribution in [0.4, 0.5) is 0 Å². The highest BCUT2D eigenvalue weighted by atomic mass is 15.3. The van der Waals surface area contributed by atoms with E-state index in [9.17, 15) is 0 Å². The predicted molar refractivity (Wildman–Crippen MR) is 82.0 cm³/mol. The van der Waals surface area contributed by atoms with E-state index in [4.69, 9.17) is 5.73 Å². The standard InChI is InChI=1S/C16H24N4/c1-12(8-7-9-13(2)17)16-19-18-14(3)20(16)15-10-5-4-6-11-15/h4-6,10-13H,7-9,17H2,1-3H3. The molecule has 2 rings (SSSR count). The summed E-state index contributed by atoms with van der Waals surface area (Å²) in [5, 5.41) is 8.62. The summed E-state index contributed by atoms with van der Waals surface area (Å²) in [6, 6.07) is 10.6. The average Bonchev–Trinajstić information content (AvgIpc) is 2.81. The normalized spacial score (nSPS) is 14.2. The van der Waals surface area contributed by atoms with Crippen LogP contribution >= 0.6 is 0 Å². The SMILES string of the molecule is Cc1nnc(C(C)CCCC(C)N)n1-c1ccccc1. The van der Waals surface area contributed by atoms with Gasteiger partial charge in [0.05, 0.1) is 0 Å². The minimum Gasteiger partial charge on any atom is -0.328 e. The first-order valence-corrected chi connectivity index (χ1v) is 7.32. The first-order valence-electron chi connectivity index (χ1n) is 7.32. The van der Waals surface area contributed by atoms with Crippen molar-refractivity contribution in [1.82, 2.24) is 14.8 Å². The summed E-state index contributed by atoms with van der Waals surface area (Å²) < 4.78 is 2.15. The van der Waals surface area contributed by atoms with Crippen LogP contribution < -0.4 is 5.73 Å². The van der Waals surface area contributed by atoms with Crippen molar-refractivity contribution < 1.29 is 0 Å². The summed E-state index contributed by atoms with van der Waals surface area (Å²) in [6.45, 7) is 6.27. The second-order valence-corrected chi connectivity index (χ2v) is 5.59. The van der Waals surface area contributed by atoms with E-state index in [2.05, 4.69) is 40.7 Å². The summed E-state index contributed by atoms with van der Waals surface area (Å²) in [6.07, 6.45) is 3.27. The van der Waals surface area contributed by atoms with Crippen molar-refractivity contribution in [2.24, 2.45) is 5.73 Å². The topological polar surface area (TPSA) is 56.7 Å². The Kier molecular flexibility index (Phi) is 4.90. The summed E-state index contributed by atoms with van der Waals surface area (Å²) in [5.74, 6) is 2.36. The molecule has 2 unspecified atom stereocenters. The Morgan fingerprint density at radius 2 is 1.80 bits per heavy atom. The Morgan fingerprint density at radius 1 is 1.10 bits per heavy atom. The Bertz CT molecular complexity index is 531. The van der Waals surface area contributed by atoms with Gasteiger partial charge in [-0.3, -0.25) is 4.57 Å². The molecular weight excluding hydrogens is 248 g/mol. The fraction of sp³-hybridized carbons (Fsp3) is 0.500. The monoisotopic (exact) mass is 272 g/mol. The van der Waals surface area contributed by atoms with Gasteiger partial charge in [-0.15, -0.1) is 10.2 Å². The van der Waals surface area contributed by atoms with E-state index in [1.165, 1.54) is 0 Å². The molecule has 1 aromatic carbocycles. The molecule has 0 amide bonds. The molecule has 108 valence electrons. The van der Waals surface area contributed by atoms with E-state index in [1.54, 1.807) is 0 Å². The fourth-order valence-electron chi connectivity index (χ4n) is 2.47. The Hall–Kier alpha value is -1.68. The number of aromatic nitrogens is 3. The lowest BCUT2D eigenvalue weighted by molar-refractivity contribution is 0.538. The van der Waals surface area contributed by atoms with E-state index >= 15 is 0 Å². The fourth-order valence-corrected chi connectivity index (χ4v) is 2.47. The van der Waals surface area contributed by atoms with Crippen LogP contribution in [-0.4, -0.2) is 20.8 Å². The van der Waals surface area contributed by atoms with Crippen LogP contribution in [0.3, 0.4) is 0 Å².